The highest BCUT2D eigenvalue weighted by Gasteiger charge is 2.12. The molecule has 0 radical (unpaired) electrons. The molecule has 3 heterocycles. The van der Waals surface area contributed by atoms with Crippen molar-refractivity contribution >= 4 is 39.8 Å². The van der Waals surface area contributed by atoms with Crippen LogP contribution in [-0.4, -0.2) is 29.2 Å². The Hall–Kier alpha value is -2.06. The molecule has 0 saturated heterocycles. The minimum absolute atomic E-state index is 0.745. The first-order chi connectivity index (χ1) is 10.3. The van der Waals surface area contributed by atoms with E-state index in [1.165, 1.54) is 11.5 Å². The van der Waals surface area contributed by atoms with E-state index in [1.54, 1.807) is 18.0 Å². The number of benzene rings is 1. The zero-order chi connectivity index (χ0) is 14.2. The average molecular weight is 314 g/mol. The smallest absolute Gasteiger partial charge is 0.191 e. The molecule has 0 saturated carbocycles. The van der Waals surface area contributed by atoms with Crippen LogP contribution in [0.15, 0.2) is 35.6 Å². The van der Waals surface area contributed by atoms with Crippen LogP contribution in [-0.2, 0) is 5.75 Å². The summed E-state index contributed by atoms with van der Waals surface area (Å²) in [4.78, 5) is 10.3. The lowest BCUT2D eigenvalue weighted by molar-refractivity contribution is 0.797. The number of nitrogens with zero attached hydrogens (tertiary/aromatic N) is 6. The van der Waals surface area contributed by atoms with E-state index in [4.69, 9.17) is 4.98 Å². The van der Waals surface area contributed by atoms with Crippen molar-refractivity contribution in [2.24, 2.45) is 0 Å². The third kappa shape index (κ3) is 2.26. The maximum Gasteiger partial charge on any atom is 0.191 e. The van der Waals surface area contributed by atoms with Crippen molar-refractivity contribution in [3.05, 3.63) is 41.2 Å². The van der Waals surface area contributed by atoms with Crippen LogP contribution in [0.1, 0.15) is 10.7 Å². The van der Waals surface area contributed by atoms with Crippen LogP contribution in [0.25, 0.3) is 16.6 Å². The molecule has 0 N–H and O–H groups in total. The van der Waals surface area contributed by atoms with E-state index < -0.39 is 0 Å². The van der Waals surface area contributed by atoms with E-state index in [0.717, 1.165) is 38.2 Å². The highest BCUT2D eigenvalue weighted by atomic mass is 32.2. The normalized spacial score (nSPS) is 11.5. The molecule has 0 spiro atoms. The van der Waals surface area contributed by atoms with Gasteiger partial charge in [0, 0.05) is 11.1 Å². The van der Waals surface area contributed by atoms with Crippen LogP contribution >= 0.6 is 23.3 Å². The van der Waals surface area contributed by atoms with Gasteiger partial charge in [-0.2, -0.15) is 4.52 Å². The molecule has 0 fully saturated rings. The molecule has 0 aliphatic carbocycles. The summed E-state index contributed by atoms with van der Waals surface area (Å²) in [6.45, 7) is 1.89. The topological polar surface area (TPSA) is 68.9 Å². The third-order valence-corrected chi connectivity index (χ3v) is 4.83. The molecular weight excluding hydrogens is 304 g/mol. The summed E-state index contributed by atoms with van der Waals surface area (Å²) in [7, 11) is 0. The second-order valence-corrected chi connectivity index (χ2v) is 6.29. The highest BCUT2D eigenvalue weighted by Crippen LogP contribution is 2.26. The third-order valence-electron chi connectivity index (χ3n) is 3.01. The Bertz CT molecular complexity index is 915. The van der Waals surface area contributed by atoms with Crippen LogP contribution in [0.4, 0.5) is 0 Å². The number of hydrogen-bond donors (Lipinski definition) is 0. The van der Waals surface area contributed by atoms with E-state index in [9.17, 15) is 0 Å². The molecule has 1 aromatic carbocycles. The predicted octanol–water partition coefficient (Wildman–Crippen LogP) is 2.73. The Kier molecular flexibility index (Phi) is 3.04. The van der Waals surface area contributed by atoms with E-state index in [-0.39, 0.29) is 0 Å². The minimum atomic E-state index is 0.745. The first-order valence-corrected chi connectivity index (χ1v) is 8.08. The van der Waals surface area contributed by atoms with Gasteiger partial charge in [0.2, 0.25) is 0 Å². The molecule has 0 atom stereocenters. The Morgan fingerprint density at radius 3 is 3.00 bits per heavy atom. The fourth-order valence-corrected chi connectivity index (χ4v) is 3.55. The van der Waals surface area contributed by atoms with Gasteiger partial charge in [-0.05, 0) is 30.6 Å². The number of para-hydroxylation sites is 1. The van der Waals surface area contributed by atoms with Crippen LogP contribution < -0.4 is 0 Å². The SMILES string of the molecule is Cc1nc2c3ccccc3nc(SCc3cnns3)n2n1. The van der Waals surface area contributed by atoms with E-state index in [1.807, 2.05) is 35.7 Å². The number of fused-ring (bicyclic) bond motifs is 3. The number of aromatic nitrogens is 6. The van der Waals surface area contributed by atoms with Gasteiger partial charge < -0.3 is 0 Å². The van der Waals surface area contributed by atoms with E-state index >= 15 is 0 Å². The van der Waals surface area contributed by atoms with Gasteiger partial charge >= 0.3 is 0 Å². The lowest BCUT2D eigenvalue weighted by atomic mass is 10.2. The molecule has 4 aromatic rings. The quantitative estimate of drug-likeness (QED) is 0.428. The molecule has 4 rings (SSSR count). The lowest BCUT2D eigenvalue weighted by Gasteiger charge is -2.05. The molecular formula is C13H10N6S2. The van der Waals surface area contributed by atoms with Gasteiger partial charge in [0.05, 0.1) is 16.6 Å². The van der Waals surface area contributed by atoms with Gasteiger partial charge in [-0.3, -0.25) is 0 Å². The monoisotopic (exact) mass is 314 g/mol. The lowest BCUT2D eigenvalue weighted by Crippen LogP contribution is -1.98. The van der Waals surface area contributed by atoms with Crippen molar-refractivity contribution in [3.63, 3.8) is 0 Å². The fraction of sp³-hybridized carbons (Fsp3) is 0.154. The van der Waals surface area contributed by atoms with Gasteiger partial charge in [-0.25, -0.2) is 9.97 Å². The van der Waals surface area contributed by atoms with Gasteiger partial charge in [-0.1, -0.05) is 28.4 Å². The van der Waals surface area contributed by atoms with Crippen LogP contribution in [0.3, 0.4) is 0 Å². The van der Waals surface area contributed by atoms with Crippen molar-refractivity contribution in [2.45, 2.75) is 17.8 Å². The molecule has 0 amide bonds. The summed E-state index contributed by atoms with van der Waals surface area (Å²) in [5, 5.41) is 10.2. The molecule has 21 heavy (non-hydrogen) atoms. The summed E-state index contributed by atoms with van der Waals surface area (Å²) in [5.41, 5.74) is 1.78. The van der Waals surface area contributed by atoms with Crippen LogP contribution in [0.2, 0.25) is 0 Å². The van der Waals surface area contributed by atoms with Crippen LogP contribution in [0, 0.1) is 6.92 Å². The fourth-order valence-electron chi connectivity index (χ4n) is 2.11. The number of hydrogen-bond acceptors (Lipinski definition) is 7. The maximum absolute atomic E-state index is 4.70. The van der Waals surface area contributed by atoms with Crippen molar-refractivity contribution in [1.82, 2.24) is 29.2 Å². The summed E-state index contributed by atoms with van der Waals surface area (Å²) < 4.78 is 5.69. The Morgan fingerprint density at radius 2 is 2.14 bits per heavy atom. The van der Waals surface area contributed by atoms with Crippen molar-refractivity contribution in [3.8, 4) is 0 Å². The van der Waals surface area contributed by atoms with Gasteiger partial charge in [0.1, 0.15) is 5.82 Å². The molecule has 0 aliphatic rings. The molecule has 3 aromatic heterocycles. The summed E-state index contributed by atoms with van der Waals surface area (Å²) >= 11 is 3.02. The number of rotatable bonds is 3. The summed E-state index contributed by atoms with van der Waals surface area (Å²) in [6, 6.07) is 7.99. The van der Waals surface area contributed by atoms with Gasteiger partial charge in [-0.15, -0.1) is 10.2 Å². The summed E-state index contributed by atoms with van der Waals surface area (Å²) in [5.74, 6) is 1.52. The predicted molar refractivity (Wildman–Crippen MR) is 82.5 cm³/mol. The van der Waals surface area contributed by atoms with Crippen molar-refractivity contribution in [1.29, 1.82) is 0 Å². The Labute approximate surface area is 128 Å². The molecule has 8 heteroatoms. The first-order valence-electron chi connectivity index (χ1n) is 6.32. The van der Waals surface area contributed by atoms with Gasteiger partial charge in [0.15, 0.2) is 10.8 Å². The maximum atomic E-state index is 4.70. The largest absolute Gasteiger partial charge is 0.222 e. The van der Waals surface area contributed by atoms with Crippen LogP contribution in [0.5, 0.6) is 0 Å². The first kappa shape index (κ1) is 12.7. The number of aryl methyl sites for hydroxylation is 1. The standard InChI is InChI=1S/C13H10N6S2/c1-8-15-12-10-4-2-3-5-11(10)16-13(19(12)17-8)20-7-9-6-14-18-21-9/h2-6H,7H2,1H3. The molecule has 0 unspecified atom stereocenters. The highest BCUT2D eigenvalue weighted by molar-refractivity contribution is 7.98. The van der Waals surface area contributed by atoms with E-state index in [0.29, 0.717) is 0 Å². The van der Waals surface area contributed by atoms with Crippen molar-refractivity contribution in [2.75, 3.05) is 0 Å². The molecule has 0 aliphatic heterocycles. The average Bonchev–Trinajstić information content (AvgIpc) is 3.13. The molecule has 0 bridgehead atoms. The van der Waals surface area contributed by atoms with Crippen molar-refractivity contribution < 1.29 is 0 Å². The zero-order valence-corrected chi connectivity index (χ0v) is 12.7. The minimum Gasteiger partial charge on any atom is -0.222 e. The second-order valence-electron chi connectivity index (χ2n) is 4.48. The van der Waals surface area contributed by atoms with Gasteiger partial charge in [0.25, 0.3) is 0 Å². The second kappa shape index (κ2) is 5.05. The summed E-state index contributed by atoms with van der Waals surface area (Å²) in [6.07, 6.45) is 1.78. The number of thioether (sulfide) groups is 1. The molecule has 6 nitrogen and oxygen atoms in total. The van der Waals surface area contributed by atoms with E-state index in [2.05, 4.69) is 19.7 Å². The Balaban J connectivity index is 1.85. The Morgan fingerprint density at radius 1 is 1.24 bits per heavy atom. The molecule has 104 valence electrons. The zero-order valence-electron chi connectivity index (χ0n) is 11.1.